The first-order valence-electron chi connectivity index (χ1n) is 8.03. The van der Waals surface area contributed by atoms with Gasteiger partial charge in [-0.1, -0.05) is 25.4 Å². The summed E-state index contributed by atoms with van der Waals surface area (Å²) in [4.78, 5) is 4.59. The molecule has 130 valence electrons. The molecular formula is C17H28ClN3O2. The van der Waals surface area contributed by atoms with E-state index < -0.39 is 0 Å². The SMILES string of the molecule is CCNC(=NCc1cc(Cl)c(OCC)c(OC)c1)NCC(C)C. The van der Waals surface area contributed by atoms with Crippen LogP contribution in [0.15, 0.2) is 17.1 Å². The molecule has 0 atom stereocenters. The lowest BCUT2D eigenvalue weighted by Crippen LogP contribution is -2.39. The second-order valence-electron chi connectivity index (χ2n) is 5.51. The van der Waals surface area contributed by atoms with Crippen molar-refractivity contribution < 1.29 is 9.47 Å². The van der Waals surface area contributed by atoms with E-state index in [9.17, 15) is 0 Å². The van der Waals surface area contributed by atoms with Gasteiger partial charge in [0.25, 0.3) is 0 Å². The van der Waals surface area contributed by atoms with Gasteiger partial charge in [0.15, 0.2) is 17.5 Å². The summed E-state index contributed by atoms with van der Waals surface area (Å²) in [5, 5.41) is 7.09. The summed E-state index contributed by atoms with van der Waals surface area (Å²) in [5.74, 6) is 2.56. The molecule has 0 heterocycles. The van der Waals surface area contributed by atoms with Crippen LogP contribution in [0.5, 0.6) is 11.5 Å². The monoisotopic (exact) mass is 341 g/mol. The summed E-state index contributed by atoms with van der Waals surface area (Å²) in [6.07, 6.45) is 0. The molecule has 0 aliphatic rings. The van der Waals surface area contributed by atoms with Crippen molar-refractivity contribution in [1.82, 2.24) is 10.6 Å². The van der Waals surface area contributed by atoms with Gasteiger partial charge in [0, 0.05) is 13.1 Å². The Hall–Kier alpha value is -1.62. The Labute approximate surface area is 144 Å². The van der Waals surface area contributed by atoms with Gasteiger partial charge in [-0.15, -0.1) is 0 Å². The molecule has 23 heavy (non-hydrogen) atoms. The lowest BCUT2D eigenvalue weighted by Gasteiger charge is -2.14. The molecule has 5 nitrogen and oxygen atoms in total. The van der Waals surface area contributed by atoms with Gasteiger partial charge in [-0.05, 0) is 37.5 Å². The number of ether oxygens (including phenoxy) is 2. The summed E-state index contributed by atoms with van der Waals surface area (Å²) < 4.78 is 10.9. The number of hydrogen-bond acceptors (Lipinski definition) is 3. The fourth-order valence-electron chi connectivity index (χ4n) is 1.96. The van der Waals surface area contributed by atoms with E-state index in [0.717, 1.165) is 24.6 Å². The zero-order valence-corrected chi connectivity index (χ0v) is 15.5. The molecule has 1 aromatic carbocycles. The number of aliphatic imine (C=N–C) groups is 1. The van der Waals surface area contributed by atoms with E-state index in [1.165, 1.54) is 0 Å². The topological polar surface area (TPSA) is 54.9 Å². The number of hydrogen-bond donors (Lipinski definition) is 2. The molecule has 0 fully saturated rings. The largest absolute Gasteiger partial charge is 0.493 e. The molecule has 0 amide bonds. The van der Waals surface area contributed by atoms with Crippen molar-refractivity contribution in [3.63, 3.8) is 0 Å². The number of benzene rings is 1. The Kier molecular flexibility index (Phi) is 8.62. The van der Waals surface area contributed by atoms with E-state index in [4.69, 9.17) is 21.1 Å². The van der Waals surface area contributed by atoms with Crippen LogP contribution >= 0.6 is 11.6 Å². The number of halogens is 1. The lowest BCUT2D eigenvalue weighted by atomic mass is 10.2. The third kappa shape index (κ3) is 6.57. The maximum atomic E-state index is 6.29. The van der Waals surface area contributed by atoms with E-state index in [2.05, 4.69) is 29.5 Å². The third-order valence-electron chi connectivity index (χ3n) is 3.02. The number of rotatable bonds is 8. The van der Waals surface area contributed by atoms with Crippen molar-refractivity contribution in [3.05, 3.63) is 22.7 Å². The van der Waals surface area contributed by atoms with Crippen molar-refractivity contribution >= 4 is 17.6 Å². The molecule has 6 heteroatoms. The zero-order valence-electron chi connectivity index (χ0n) is 14.7. The number of nitrogens with zero attached hydrogens (tertiary/aromatic N) is 1. The van der Waals surface area contributed by atoms with E-state index in [-0.39, 0.29) is 0 Å². The highest BCUT2D eigenvalue weighted by atomic mass is 35.5. The van der Waals surface area contributed by atoms with E-state index in [0.29, 0.717) is 35.6 Å². The highest BCUT2D eigenvalue weighted by molar-refractivity contribution is 6.32. The van der Waals surface area contributed by atoms with Crippen LogP contribution in [-0.4, -0.2) is 32.8 Å². The molecule has 0 bridgehead atoms. The summed E-state index contributed by atoms with van der Waals surface area (Å²) in [7, 11) is 1.61. The number of nitrogens with one attached hydrogen (secondary N) is 2. The minimum absolute atomic E-state index is 0.510. The first-order chi connectivity index (χ1) is 11.0. The number of methoxy groups -OCH3 is 1. The molecule has 0 spiro atoms. The van der Waals surface area contributed by atoms with Crippen LogP contribution in [0.1, 0.15) is 33.3 Å². The Morgan fingerprint density at radius 2 is 2.00 bits per heavy atom. The van der Waals surface area contributed by atoms with Crippen LogP contribution in [0, 0.1) is 5.92 Å². The first kappa shape index (κ1) is 19.4. The fraction of sp³-hybridized carbons (Fsp3) is 0.588. The minimum Gasteiger partial charge on any atom is -0.493 e. The third-order valence-corrected chi connectivity index (χ3v) is 3.30. The van der Waals surface area contributed by atoms with Crippen molar-refractivity contribution in [1.29, 1.82) is 0 Å². The summed E-state index contributed by atoms with van der Waals surface area (Å²) in [6.45, 7) is 11.0. The Balaban J connectivity index is 2.89. The molecule has 1 rings (SSSR count). The van der Waals surface area contributed by atoms with Crippen LogP contribution in [0.25, 0.3) is 0 Å². The van der Waals surface area contributed by atoms with Crippen LogP contribution in [0.3, 0.4) is 0 Å². The second-order valence-corrected chi connectivity index (χ2v) is 5.92. The van der Waals surface area contributed by atoms with E-state index in [1.807, 2.05) is 26.0 Å². The van der Waals surface area contributed by atoms with Gasteiger partial charge in [0.05, 0.1) is 25.3 Å². The average Bonchev–Trinajstić information content (AvgIpc) is 2.52. The molecule has 0 aliphatic carbocycles. The molecular weight excluding hydrogens is 314 g/mol. The van der Waals surface area contributed by atoms with Gasteiger partial charge in [-0.2, -0.15) is 0 Å². The molecule has 2 N–H and O–H groups in total. The van der Waals surface area contributed by atoms with Crippen LogP contribution in [-0.2, 0) is 6.54 Å². The average molecular weight is 342 g/mol. The zero-order chi connectivity index (χ0) is 17.2. The summed E-state index contributed by atoms with van der Waals surface area (Å²) in [6, 6.07) is 3.77. The van der Waals surface area contributed by atoms with Gasteiger partial charge in [0.1, 0.15) is 0 Å². The highest BCUT2D eigenvalue weighted by Crippen LogP contribution is 2.36. The molecule has 0 aliphatic heterocycles. The lowest BCUT2D eigenvalue weighted by molar-refractivity contribution is 0.311. The van der Waals surface area contributed by atoms with Crippen LogP contribution < -0.4 is 20.1 Å². The van der Waals surface area contributed by atoms with Gasteiger partial charge in [-0.3, -0.25) is 0 Å². The van der Waals surface area contributed by atoms with E-state index >= 15 is 0 Å². The van der Waals surface area contributed by atoms with Gasteiger partial charge in [-0.25, -0.2) is 4.99 Å². The fourth-order valence-corrected chi connectivity index (χ4v) is 2.25. The molecule has 0 saturated carbocycles. The van der Waals surface area contributed by atoms with E-state index in [1.54, 1.807) is 7.11 Å². The van der Waals surface area contributed by atoms with Gasteiger partial charge >= 0.3 is 0 Å². The predicted octanol–water partition coefficient (Wildman–Crippen LogP) is 3.46. The quantitative estimate of drug-likeness (QED) is 0.561. The smallest absolute Gasteiger partial charge is 0.191 e. The molecule has 0 unspecified atom stereocenters. The van der Waals surface area contributed by atoms with Crippen LogP contribution in [0.2, 0.25) is 5.02 Å². The minimum atomic E-state index is 0.510. The van der Waals surface area contributed by atoms with Crippen molar-refractivity contribution in [2.24, 2.45) is 10.9 Å². The molecule has 0 aromatic heterocycles. The predicted molar refractivity (Wildman–Crippen MR) is 96.8 cm³/mol. The highest BCUT2D eigenvalue weighted by Gasteiger charge is 2.11. The molecule has 0 saturated heterocycles. The Bertz CT molecular complexity index is 519. The van der Waals surface area contributed by atoms with Gasteiger partial charge in [0.2, 0.25) is 0 Å². The van der Waals surface area contributed by atoms with Crippen molar-refractivity contribution in [2.75, 3.05) is 26.8 Å². The Morgan fingerprint density at radius 1 is 1.26 bits per heavy atom. The first-order valence-corrected chi connectivity index (χ1v) is 8.40. The summed E-state index contributed by atoms with van der Waals surface area (Å²) in [5.41, 5.74) is 0.969. The second kappa shape index (κ2) is 10.2. The Morgan fingerprint density at radius 3 is 2.57 bits per heavy atom. The maximum Gasteiger partial charge on any atom is 0.191 e. The maximum absolute atomic E-state index is 6.29. The van der Waals surface area contributed by atoms with Crippen molar-refractivity contribution in [2.45, 2.75) is 34.2 Å². The number of guanidine groups is 1. The normalized spacial score (nSPS) is 11.5. The van der Waals surface area contributed by atoms with Crippen molar-refractivity contribution in [3.8, 4) is 11.5 Å². The standard InChI is InChI=1S/C17H28ClN3O2/c1-6-19-17(20-10-12(3)4)21-11-13-8-14(18)16(23-7-2)15(9-13)22-5/h8-9,12H,6-7,10-11H2,1-5H3,(H2,19,20,21). The van der Waals surface area contributed by atoms with Gasteiger partial charge < -0.3 is 20.1 Å². The molecule has 0 radical (unpaired) electrons. The van der Waals surface area contributed by atoms with Crippen LogP contribution in [0.4, 0.5) is 0 Å². The summed E-state index contributed by atoms with van der Waals surface area (Å²) >= 11 is 6.29. The molecule has 1 aromatic rings.